The van der Waals surface area contributed by atoms with Crippen LogP contribution in [0.25, 0.3) is 0 Å². The summed E-state index contributed by atoms with van der Waals surface area (Å²) in [4.78, 5) is 4.17. The number of nitrogens with one attached hydrogen (secondary N) is 2. The van der Waals surface area contributed by atoms with Crippen molar-refractivity contribution >= 4 is 38.8 Å². The molecule has 0 saturated carbocycles. The quantitative estimate of drug-likeness (QED) is 0.657. The number of ether oxygens (including phenoxy) is 1. The standard InChI is InChI=1S/C18H16ClN3O3S/c1-25-16-9-7-13(19)11-17(16)26(23,24)22-15-8-10-18(20-12-15)21-14-5-3-2-4-6-14/h2-12,22H,1H3,(H,20,21). The molecule has 0 aliphatic heterocycles. The zero-order valence-electron chi connectivity index (χ0n) is 13.8. The van der Waals surface area contributed by atoms with E-state index in [0.29, 0.717) is 16.5 Å². The zero-order valence-corrected chi connectivity index (χ0v) is 15.4. The predicted molar refractivity (Wildman–Crippen MR) is 103 cm³/mol. The molecule has 0 aliphatic carbocycles. The van der Waals surface area contributed by atoms with Crippen molar-refractivity contribution in [2.75, 3.05) is 17.1 Å². The molecule has 0 spiro atoms. The van der Waals surface area contributed by atoms with Gasteiger partial charge in [0.1, 0.15) is 16.5 Å². The van der Waals surface area contributed by atoms with Crippen molar-refractivity contribution in [1.82, 2.24) is 4.98 Å². The molecule has 26 heavy (non-hydrogen) atoms. The average molecular weight is 390 g/mol. The molecule has 8 heteroatoms. The Hall–Kier alpha value is -2.77. The number of aromatic nitrogens is 1. The Balaban J connectivity index is 1.79. The fourth-order valence-electron chi connectivity index (χ4n) is 2.27. The number of benzene rings is 2. The number of anilines is 3. The molecule has 1 heterocycles. The average Bonchev–Trinajstić information content (AvgIpc) is 2.64. The van der Waals surface area contributed by atoms with Gasteiger partial charge in [-0.25, -0.2) is 13.4 Å². The molecule has 0 atom stereocenters. The van der Waals surface area contributed by atoms with Crippen molar-refractivity contribution in [2.24, 2.45) is 0 Å². The Morgan fingerprint density at radius 2 is 1.77 bits per heavy atom. The van der Waals surface area contributed by atoms with E-state index in [1.165, 1.54) is 25.4 Å². The molecule has 0 radical (unpaired) electrons. The van der Waals surface area contributed by atoms with E-state index in [1.54, 1.807) is 18.2 Å². The number of hydrogen-bond donors (Lipinski definition) is 2. The number of pyridine rings is 1. The highest BCUT2D eigenvalue weighted by atomic mass is 35.5. The first kappa shape index (κ1) is 18.0. The monoisotopic (exact) mass is 389 g/mol. The number of hydrogen-bond acceptors (Lipinski definition) is 5. The molecule has 0 amide bonds. The Morgan fingerprint density at radius 3 is 2.42 bits per heavy atom. The van der Waals surface area contributed by atoms with Gasteiger partial charge in [-0.05, 0) is 42.5 Å². The van der Waals surface area contributed by atoms with Gasteiger partial charge >= 0.3 is 0 Å². The third-order valence-corrected chi connectivity index (χ3v) is 5.11. The van der Waals surface area contributed by atoms with Crippen LogP contribution in [0.2, 0.25) is 5.02 Å². The first-order valence-electron chi connectivity index (χ1n) is 7.62. The minimum absolute atomic E-state index is 0.0426. The van der Waals surface area contributed by atoms with Gasteiger partial charge in [-0.15, -0.1) is 0 Å². The topological polar surface area (TPSA) is 80.3 Å². The van der Waals surface area contributed by atoms with E-state index in [2.05, 4.69) is 15.0 Å². The minimum atomic E-state index is -3.87. The summed E-state index contributed by atoms with van der Waals surface area (Å²) in [5.41, 5.74) is 1.21. The van der Waals surface area contributed by atoms with E-state index in [0.717, 1.165) is 5.69 Å². The van der Waals surface area contributed by atoms with E-state index >= 15 is 0 Å². The molecule has 0 unspecified atom stereocenters. The maximum Gasteiger partial charge on any atom is 0.265 e. The minimum Gasteiger partial charge on any atom is -0.495 e. The van der Waals surface area contributed by atoms with Gasteiger partial charge in [0, 0.05) is 10.7 Å². The van der Waals surface area contributed by atoms with Gasteiger partial charge in [-0.2, -0.15) is 0 Å². The highest BCUT2D eigenvalue weighted by molar-refractivity contribution is 7.92. The van der Waals surface area contributed by atoms with Crippen LogP contribution in [0.15, 0.2) is 71.8 Å². The van der Waals surface area contributed by atoms with Crippen LogP contribution in [0.1, 0.15) is 0 Å². The highest BCUT2D eigenvalue weighted by Gasteiger charge is 2.20. The molecule has 2 aromatic carbocycles. The van der Waals surface area contributed by atoms with Crippen molar-refractivity contribution in [3.8, 4) is 5.75 Å². The first-order valence-corrected chi connectivity index (χ1v) is 9.48. The summed E-state index contributed by atoms with van der Waals surface area (Å²) in [6.07, 6.45) is 1.43. The van der Waals surface area contributed by atoms with Crippen molar-refractivity contribution in [2.45, 2.75) is 4.90 Å². The van der Waals surface area contributed by atoms with E-state index in [4.69, 9.17) is 16.3 Å². The third-order valence-electron chi connectivity index (χ3n) is 3.48. The fourth-order valence-corrected chi connectivity index (χ4v) is 3.74. The van der Waals surface area contributed by atoms with Gasteiger partial charge in [0.15, 0.2) is 0 Å². The van der Waals surface area contributed by atoms with Gasteiger partial charge in [-0.1, -0.05) is 29.8 Å². The maximum atomic E-state index is 12.6. The Bertz CT molecular complexity index is 994. The molecule has 0 bridgehead atoms. The number of sulfonamides is 1. The molecular weight excluding hydrogens is 374 g/mol. The fraction of sp³-hybridized carbons (Fsp3) is 0.0556. The summed E-state index contributed by atoms with van der Waals surface area (Å²) in [7, 11) is -2.47. The van der Waals surface area contributed by atoms with Gasteiger partial charge < -0.3 is 10.1 Å². The van der Waals surface area contributed by atoms with Crippen LogP contribution in [0, 0.1) is 0 Å². The van der Waals surface area contributed by atoms with Crippen molar-refractivity contribution < 1.29 is 13.2 Å². The van der Waals surface area contributed by atoms with Gasteiger partial charge in [0.2, 0.25) is 0 Å². The molecular formula is C18H16ClN3O3S. The normalized spacial score (nSPS) is 11.0. The summed E-state index contributed by atoms with van der Waals surface area (Å²) >= 11 is 5.91. The van der Waals surface area contributed by atoms with Gasteiger partial charge in [0.05, 0.1) is 19.0 Å². The van der Waals surface area contributed by atoms with E-state index in [-0.39, 0.29) is 10.6 Å². The number of para-hydroxylation sites is 1. The second-order valence-electron chi connectivity index (χ2n) is 5.32. The summed E-state index contributed by atoms with van der Waals surface area (Å²) in [6, 6.07) is 17.2. The smallest absolute Gasteiger partial charge is 0.265 e. The summed E-state index contributed by atoms with van der Waals surface area (Å²) < 4.78 is 32.8. The second-order valence-corrected chi connectivity index (χ2v) is 7.41. The Kier molecular flexibility index (Phi) is 5.29. The van der Waals surface area contributed by atoms with Crippen LogP contribution < -0.4 is 14.8 Å². The molecule has 3 rings (SSSR count). The van der Waals surface area contributed by atoms with Gasteiger partial charge in [-0.3, -0.25) is 4.72 Å². The van der Waals surface area contributed by atoms with Crippen LogP contribution >= 0.6 is 11.6 Å². The number of halogens is 1. The largest absolute Gasteiger partial charge is 0.495 e. The van der Waals surface area contributed by atoms with Crippen molar-refractivity contribution in [3.05, 3.63) is 71.9 Å². The number of methoxy groups -OCH3 is 1. The molecule has 2 N–H and O–H groups in total. The number of rotatable bonds is 6. The lowest BCUT2D eigenvalue weighted by Gasteiger charge is -2.12. The van der Waals surface area contributed by atoms with Crippen LogP contribution in [0.4, 0.5) is 17.2 Å². The van der Waals surface area contributed by atoms with Crippen molar-refractivity contribution in [3.63, 3.8) is 0 Å². The maximum absolute atomic E-state index is 12.6. The van der Waals surface area contributed by atoms with E-state index in [1.807, 2.05) is 30.3 Å². The SMILES string of the molecule is COc1ccc(Cl)cc1S(=O)(=O)Nc1ccc(Nc2ccccc2)nc1. The van der Waals surface area contributed by atoms with E-state index < -0.39 is 10.0 Å². The summed E-state index contributed by atoms with van der Waals surface area (Å²) in [5.74, 6) is 0.803. The lowest BCUT2D eigenvalue weighted by molar-refractivity contribution is 0.403. The molecule has 1 aromatic heterocycles. The number of nitrogens with zero attached hydrogens (tertiary/aromatic N) is 1. The third kappa shape index (κ3) is 4.25. The zero-order chi connectivity index (χ0) is 18.6. The van der Waals surface area contributed by atoms with Crippen LogP contribution in [0.3, 0.4) is 0 Å². The van der Waals surface area contributed by atoms with Crippen molar-refractivity contribution in [1.29, 1.82) is 0 Å². The Labute approximate surface area is 156 Å². The molecule has 0 aliphatic rings. The van der Waals surface area contributed by atoms with Crippen LogP contribution in [-0.4, -0.2) is 20.5 Å². The van der Waals surface area contributed by atoms with Crippen LogP contribution in [-0.2, 0) is 10.0 Å². The second kappa shape index (κ2) is 7.63. The Morgan fingerprint density at radius 1 is 1.00 bits per heavy atom. The summed E-state index contributed by atoms with van der Waals surface area (Å²) in [6.45, 7) is 0. The van der Waals surface area contributed by atoms with Crippen LogP contribution in [0.5, 0.6) is 5.75 Å². The lowest BCUT2D eigenvalue weighted by atomic mass is 10.3. The molecule has 6 nitrogen and oxygen atoms in total. The summed E-state index contributed by atoms with van der Waals surface area (Å²) in [5, 5.41) is 3.42. The molecule has 3 aromatic rings. The van der Waals surface area contributed by atoms with Gasteiger partial charge in [0.25, 0.3) is 10.0 Å². The first-order chi connectivity index (χ1) is 12.5. The molecule has 0 fully saturated rings. The predicted octanol–water partition coefficient (Wildman–Crippen LogP) is 4.29. The molecule has 0 saturated heterocycles. The highest BCUT2D eigenvalue weighted by Crippen LogP contribution is 2.28. The van der Waals surface area contributed by atoms with E-state index in [9.17, 15) is 8.42 Å². The molecule has 134 valence electrons. The lowest BCUT2D eigenvalue weighted by Crippen LogP contribution is -2.14.